The van der Waals surface area contributed by atoms with Gasteiger partial charge in [0, 0.05) is 6.07 Å². The molecule has 0 aliphatic heterocycles. The third-order valence-electron chi connectivity index (χ3n) is 1.32. The molecule has 0 bridgehead atoms. The fourth-order valence-electron chi connectivity index (χ4n) is 0.752. The topological polar surface area (TPSA) is 56.0 Å². The predicted molar refractivity (Wildman–Crippen MR) is 48.5 cm³/mol. The summed E-state index contributed by atoms with van der Waals surface area (Å²) in [4.78, 5) is 12.0. The van der Waals surface area contributed by atoms with Gasteiger partial charge in [0.2, 0.25) is 11.5 Å². The van der Waals surface area contributed by atoms with Crippen LogP contribution < -0.4 is 0 Å². The lowest BCUT2D eigenvalue weighted by atomic mass is 10.3. The van der Waals surface area contributed by atoms with Crippen LogP contribution in [0.25, 0.3) is 0 Å². The number of nitro groups is 1. The van der Waals surface area contributed by atoms with E-state index in [1.165, 1.54) is 22.6 Å². The molecule has 1 heterocycles. The SMILES string of the molecule is O=[N+]([O-])c1nc(C(F)F)c(I)cc1F. The highest BCUT2D eigenvalue weighted by Crippen LogP contribution is 2.26. The molecule has 1 aromatic heterocycles. The van der Waals surface area contributed by atoms with Crippen LogP contribution in [0.2, 0.25) is 0 Å². The lowest BCUT2D eigenvalue weighted by Gasteiger charge is -1.99. The normalized spacial score (nSPS) is 10.6. The van der Waals surface area contributed by atoms with Crippen molar-refractivity contribution in [2.75, 3.05) is 0 Å². The maximum atomic E-state index is 12.8. The summed E-state index contributed by atoms with van der Waals surface area (Å²) in [6, 6.07) is 0.660. The molecule has 1 aromatic rings. The van der Waals surface area contributed by atoms with Crippen molar-refractivity contribution in [1.82, 2.24) is 4.98 Å². The molecule has 0 N–H and O–H groups in total. The monoisotopic (exact) mass is 318 g/mol. The van der Waals surface area contributed by atoms with Gasteiger partial charge in [0.05, 0.1) is 3.57 Å². The fraction of sp³-hybridized carbons (Fsp3) is 0.167. The molecule has 76 valence electrons. The second kappa shape index (κ2) is 4.07. The number of rotatable bonds is 2. The number of hydrogen-bond donors (Lipinski definition) is 0. The van der Waals surface area contributed by atoms with Gasteiger partial charge >= 0.3 is 12.2 Å². The van der Waals surface area contributed by atoms with Crippen LogP contribution in [0.3, 0.4) is 0 Å². The molecular formula is C6H2F3IN2O2. The molecule has 0 atom stereocenters. The van der Waals surface area contributed by atoms with Crippen LogP contribution in [-0.2, 0) is 0 Å². The molecule has 14 heavy (non-hydrogen) atoms. The van der Waals surface area contributed by atoms with Crippen molar-refractivity contribution in [3.63, 3.8) is 0 Å². The summed E-state index contributed by atoms with van der Waals surface area (Å²) in [6.45, 7) is 0. The Morgan fingerprint density at radius 2 is 2.14 bits per heavy atom. The molecule has 0 amide bonds. The highest BCUT2D eigenvalue weighted by atomic mass is 127. The molecule has 0 saturated heterocycles. The van der Waals surface area contributed by atoms with E-state index >= 15 is 0 Å². The minimum absolute atomic E-state index is 0.138. The summed E-state index contributed by atoms with van der Waals surface area (Å²) in [7, 11) is 0. The van der Waals surface area contributed by atoms with Crippen LogP contribution in [0.4, 0.5) is 19.0 Å². The molecule has 0 aliphatic carbocycles. The minimum atomic E-state index is -2.96. The standard InChI is InChI=1S/C6H2F3IN2O2/c7-2-1-3(10)4(5(8)9)11-6(2)12(13)14/h1,5H. The first-order chi connectivity index (χ1) is 6.43. The smallest absolute Gasteiger partial charge is 0.358 e. The van der Waals surface area contributed by atoms with Crippen molar-refractivity contribution >= 4 is 28.4 Å². The first-order valence-corrected chi connectivity index (χ1v) is 4.30. The highest BCUT2D eigenvalue weighted by molar-refractivity contribution is 14.1. The Bertz CT molecular complexity index is 386. The number of hydrogen-bond acceptors (Lipinski definition) is 3. The van der Waals surface area contributed by atoms with Gasteiger partial charge in [-0.15, -0.1) is 0 Å². The van der Waals surface area contributed by atoms with Crippen molar-refractivity contribution < 1.29 is 18.1 Å². The molecule has 0 aliphatic rings. The van der Waals surface area contributed by atoms with Crippen molar-refractivity contribution in [2.24, 2.45) is 0 Å². The first-order valence-electron chi connectivity index (χ1n) is 3.22. The number of aromatic nitrogens is 1. The maximum Gasteiger partial charge on any atom is 0.400 e. The van der Waals surface area contributed by atoms with Gasteiger partial charge in [-0.05, 0) is 32.5 Å². The molecule has 0 spiro atoms. The molecule has 8 heteroatoms. The number of pyridine rings is 1. The Kier molecular flexibility index (Phi) is 3.24. The van der Waals surface area contributed by atoms with Crippen LogP contribution in [0.5, 0.6) is 0 Å². The first kappa shape index (κ1) is 11.1. The zero-order valence-electron chi connectivity index (χ0n) is 6.38. The quantitative estimate of drug-likeness (QED) is 0.478. The van der Waals surface area contributed by atoms with Gasteiger partial charge in [-0.2, -0.15) is 4.39 Å². The molecule has 4 nitrogen and oxygen atoms in total. The second-order valence-corrected chi connectivity index (χ2v) is 3.38. The van der Waals surface area contributed by atoms with Crippen molar-refractivity contribution in [1.29, 1.82) is 0 Å². The summed E-state index contributed by atoms with van der Waals surface area (Å²) in [5.74, 6) is -2.40. The molecule has 0 aromatic carbocycles. The Hall–Kier alpha value is -0.930. The van der Waals surface area contributed by atoms with Gasteiger partial charge in [-0.1, -0.05) is 0 Å². The van der Waals surface area contributed by atoms with Gasteiger partial charge < -0.3 is 10.1 Å². The fourth-order valence-corrected chi connectivity index (χ4v) is 1.38. The highest BCUT2D eigenvalue weighted by Gasteiger charge is 2.26. The largest absolute Gasteiger partial charge is 0.400 e. The van der Waals surface area contributed by atoms with E-state index in [2.05, 4.69) is 4.98 Å². The van der Waals surface area contributed by atoms with Crippen molar-refractivity contribution in [3.8, 4) is 0 Å². The van der Waals surface area contributed by atoms with E-state index in [0.717, 1.165) is 0 Å². The minimum Gasteiger partial charge on any atom is -0.358 e. The van der Waals surface area contributed by atoms with E-state index in [9.17, 15) is 23.3 Å². The van der Waals surface area contributed by atoms with Crippen LogP contribution in [-0.4, -0.2) is 9.91 Å². The summed E-state index contributed by atoms with van der Waals surface area (Å²) >= 11 is 1.44. The van der Waals surface area contributed by atoms with E-state index < -0.39 is 28.7 Å². The number of alkyl halides is 2. The zero-order valence-corrected chi connectivity index (χ0v) is 8.53. The molecular weight excluding hydrogens is 316 g/mol. The third-order valence-corrected chi connectivity index (χ3v) is 2.18. The van der Waals surface area contributed by atoms with Gasteiger partial charge in [0.15, 0.2) is 0 Å². The molecule has 1 rings (SSSR count). The van der Waals surface area contributed by atoms with Crippen LogP contribution in [0.1, 0.15) is 12.1 Å². The van der Waals surface area contributed by atoms with Crippen LogP contribution in [0, 0.1) is 19.5 Å². The Labute approximate surface area is 89.4 Å². The van der Waals surface area contributed by atoms with Crippen molar-refractivity contribution in [3.05, 3.63) is 31.3 Å². The maximum absolute atomic E-state index is 12.8. The van der Waals surface area contributed by atoms with Crippen molar-refractivity contribution in [2.45, 2.75) is 6.43 Å². The Balaban J connectivity index is 3.34. The molecule has 0 saturated carbocycles. The summed E-state index contributed by atoms with van der Waals surface area (Å²) in [6.07, 6.45) is -2.96. The summed E-state index contributed by atoms with van der Waals surface area (Å²) in [5.41, 5.74) is -0.779. The predicted octanol–water partition coefficient (Wildman–Crippen LogP) is 2.67. The zero-order chi connectivity index (χ0) is 10.9. The van der Waals surface area contributed by atoms with Gasteiger partial charge in [0.1, 0.15) is 0 Å². The summed E-state index contributed by atoms with van der Waals surface area (Å²) in [5, 5.41) is 10.2. The van der Waals surface area contributed by atoms with E-state index in [0.29, 0.717) is 6.07 Å². The number of halogens is 4. The van der Waals surface area contributed by atoms with E-state index in [1.807, 2.05) is 0 Å². The summed E-state index contributed by atoms with van der Waals surface area (Å²) < 4.78 is 37.0. The number of nitrogens with zero attached hydrogens (tertiary/aromatic N) is 2. The van der Waals surface area contributed by atoms with Gasteiger partial charge in [-0.3, -0.25) is 0 Å². The average molecular weight is 318 g/mol. The van der Waals surface area contributed by atoms with Gasteiger partial charge in [0.25, 0.3) is 0 Å². The Morgan fingerprint density at radius 3 is 2.57 bits per heavy atom. The van der Waals surface area contributed by atoms with Crippen LogP contribution in [0.15, 0.2) is 6.07 Å². The van der Waals surface area contributed by atoms with Gasteiger partial charge in [-0.25, -0.2) is 8.78 Å². The molecule has 0 unspecified atom stereocenters. The third kappa shape index (κ3) is 2.11. The average Bonchev–Trinajstić information content (AvgIpc) is 2.02. The lowest BCUT2D eigenvalue weighted by molar-refractivity contribution is -0.392. The van der Waals surface area contributed by atoms with E-state index in [-0.39, 0.29) is 3.57 Å². The Morgan fingerprint density at radius 1 is 1.57 bits per heavy atom. The van der Waals surface area contributed by atoms with E-state index in [4.69, 9.17) is 0 Å². The lowest BCUT2D eigenvalue weighted by Crippen LogP contribution is -2.02. The van der Waals surface area contributed by atoms with E-state index in [1.54, 1.807) is 0 Å². The van der Waals surface area contributed by atoms with Crippen LogP contribution >= 0.6 is 22.6 Å². The molecule has 0 radical (unpaired) electrons. The second-order valence-electron chi connectivity index (χ2n) is 2.22. The molecule has 0 fully saturated rings.